The summed E-state index contributed by atoms with van der Waals surface area (Å²) >= 11 is 0. The second kappa shape index (κ2) is 6.62. The predicted molar refractivity (Wildman–Crippen MR) is 88.8 cm³/mol. The molecule has 0 heterocycles. The summed E-state index contributed by atoms with van der Waals surface area (Å²) in [5.41, 5.74) is 4.57. The summed E-state index contributed by atoms with van der Waals surface area (Å²) in [4.78, 5) is 11.4. The Kier molecular flexibility index (Phi) is 4.80. The Morgan fingerprint density at radius 3 is 2.26 bits per heavy atom. The third-order valence-electron chi connectivity index (χ3n) is 3.20. The molecule has 120 valence electrons. The summed E-state index contributed by atoms with van der Waals surface area (Å²) in [6.45, 7) is 1.74. The molecule has 0 unspecified atom stereocenters. The number of carbonyl (C=O) groups is 1. The Morgan fingerprint density at radius 1 is 1.09 bits per heavy atom. The number of nitrogens with zero attached hydrogens (tertiary/aromatic N) is 1. The lowest BCUT2D eigenvalue weighted by molar-refractivity contribution is 0.0698. The molecule has 0 saturated carbocycles. The first-order valence-electron chi connectivity index (χ1n) is 6.72. The minimum atomic E-state index is -3.24. The lowest BCUT2D eigenvalue weighted by atomic mass is 10.1. The van der Waals surface area contributed by atoms with Crippen molar-refractivity contribution in [2.24, 2.45) is 5.10 Å². The van der Waals surface area contributed by atoms with Crippen molar-refractivity contribution in [3.8, 4) is 0 Å². The highest BCUT2D eigenvalue weighted by molar-refractivity contribution is 7.90. The first kappa shape index (κ1) is 16.7. The standard InChI is InChI=1S/C16H16N2O4S/c1-11(12-7-9-13(10-8-12)23(2,21)22)17-18-15-6-4-3-5-14(15)16(19)20/h3-10,18H,1-2H3,(H,19,20)/b17-11+. The van der Waals surface area contributed by atoms with Crippen LogP contribution in [0.5, 0.6) is 0 Å². The number of aromatic carboxylic acids is 1. The van der Waals surface area contributed by atoms with E-state index in [0.29, 0.717) is 11.4 Å². The summed E-state index contributed by atoms with van der Waals surface area (Å²) in [6, 6.07) is 12.8. The quantitative estimate of drug-likeness (QED) is 0.648. The zero-order chi connectivity index (χ0) is 17.0. The topological polar surface area (TPSA) is 95.8 Å². The van der Waals surface area contributed by atoms with Crippen molar-refractivity contribution >= 4 is 27.2 Å². The van der Waals surface area contributed by atoms with E-state index in [4.69, 9.17) is 5.11 Å². The third kappa shape index (κ3) is 4.17. The van der Waals surface area contributed by atoms with Crippen LogP contribution in [0.25, 0.3) is 0 Å². The van der Waals surface area contributed by atoms with E-state index in [0.717, 1.165) is 11.8 Å². The maximum atomic E-state index is 11.4. The van der Waals surface area contributed by atoms with Gasteiger partial charge in [0.15, 0.2) is 9.84 Å². The first-order valence-corrected chi connectivity index (χ1v) is 8.61. The first-order chi connectivity index (χ1) is 10.8. The number of carboxylic acid groups (broad SMARTS) is 1. The number of anilines is 1. The molecule has 0 saturated heterocycles. The van der Waals surface area contributed by atoms with Gasteiger partial charge in [-0.2, -0.15) is 5.10 Å². The molecule has 0 atom stereocenters. The van der Waals surface area contributed by atoms with Gasteiger partial charge in [-0.1, -0.05) is 24.3 Å². The van der Waals surface area contributed by atoms with Crippen molar-refractivity contribution in [2.75, 3.05) is 11.7 Å². The highest BCUT2D eigenvalue weighted by atomic mass is 32.2. The zero-order valence-electron chi connectivity index (χ0n) is 12.6. The van der Waals surface area contributed by atoms with Gasteiger partial charge in [-0.05, 0) is 36.8 Å². The third-order valence-corrected chi connectivity index (χ3v) is 4.33. The summed E-state index contributed by atoms with van der Waals surface area (Å²) in [7, 11) is -3.24. The van der Waals surface area contributed by atoms with Crippen molar-refractivity contribution in [3.63, 3.8) is 0 Å². The Labute approximate surface area is 134 Å². The van der Waals surface area contributed by atoms with E-state index in [2.05, 4.69) is 10.5 Å². The van der Waals surface area contributed by atoms with Gasteiger partial charge in [0, 0.05) is 6.26 Å². The van der Waals surface area contributed by atoms with Gasteiger partial charge in [0.2, 0.25) is 0 Å². The van der Waals surface area contributed by atoms with Gasteiger partial charge in [0.1, 0.15) is 0 Å². The lowest BCUT2D eigenvalue weighted by Crippen LogP contribution is -2.05. The molecule has 0 fully saturated rings. The fourth-order valence-electron chi connectivity index (χ4n) is 1.92. The van der Waals surface area contributed by atoms with Crippen LogP contribution in [0.3, 0.4) is 0 Å². The van der Waals surface area contributed by atoms with Gasteiger partial charge in [-0.3, -0.25) is 5.43 Å². The molecule has 0 bridgehead atoms. The van der Waals surface area contributed by atoms with Gasteiger partial charge in [-0.25, -0.2) is 13.2 Å². The summed E-state index contributed by atoms with van der Waals surface area (Å²) in [5, 5.41) is 13.3. The maximum Gasteiger partial charge on any atom is 0.337 e. The molecule has 2 aromatic carbocycles. The van der Waals surface area contributed by atoms with Crippen LogP contribution in [0, 0.1) is 0 Å². The van der Waals surface area contributed by atoms with Crippen LogP contribution in [0.2, 0.25) is 0 Å². The highest BCUT2D eigenvalue weighted by Crippen LogP contribution is 2.16. The number of benzene rings is 2. The van der Waals surface area contributed by atoms with Crippen molar-refractivity contribution < 1.29 is 18.3 Å². The van der Waals surface area contributed by atoms with Gasteiger partial charge >= 0.3 is 5.97 Å². The maximum absolute atomic E-state index is 11.4. The number of hydrazone groups is 1. The van der Waals surface area contributed by atoms with Crippen molar-refractivity contribution in [2.45, 2.75) is 11.8 Å². The number of sulfone groups is 1. The van der Waals surface area contributed by atoms with Gasteiger partial charge in [0.25, 0.3) is 0 Å². The normalized spacial score (nSPS) is 12.0. The van der Waals surface area contributed by atoms with Crippen LogP contribution in [0.4, 0.5) is 5.69 Å². The van der Waals surface area contributed by atoms with Crippen LogP contribution in [-0.4, -0.2) is 31.5 Å². The summed E-state index contributed by atoms with van der Waals surface area (Å²) in [6.07, 6.45) is 1.15. The molecule has 0 spiro atoms. The number of nitrogens with one attached hydrogen (secondary N) is 1. The molecule has 0 aromatic heterocycles. The van der Waals surface area contributed by atoms with Crippen LogP contribution in [-0.2, 0) is 9.84 Å². The monoisotopic (exact) mass is 332 g/mol. The largest absolute Gasteiger partial charge is 0.478 e. The van der Waals surface area contributed by atoms with Gasteiger partial charge in [0.05, 0.1) is 21.9 Å². The van der Waals surface area contributed by atoms with Crippen LogP contribution < -0.4 is 5.43 Å². The molecule has 0 aliphatic rings. The fraction of sp³-hybridized carbons (Fsp3) is 0.125. The molecule has 0 aliphatic carbocycles. The van der Waals surface area contributed by atoms with E-state index in [-0.39, 0.29) is 10.5 Å². The Hall–Kier alpha value is -2.67. The lowest BCUT2D eigenvalue weighted by Gasteiger charge is -2.07. The van der Waals surface area contributed by atoms with Crippen LogP contribution in [0.1, 0.15) is 22.8 Å². The number of carboxylic acids is 1. The molecule has 0 amide bonds. The Bertz CT molecular complexity index is 856. The molecule has 0 aliphatic heterocycles. The highest BCUT2D eigenvalue weighted by Gasteiger charge is 2.09. The fourth-order valence-corrected chi connectivity index (χ4v) is 2.55. The molecule has 23 heavy (non-hydrogen) atoms. The van der Waals surface area contributed by atoms with Gasteiger partial charge < -0.3 is 5.11 Å². The SMILES string of the molecule is C/C(=N\Nc1ccccc1C(=O)O)c1ccc(S(C)(=O)=O)cc1. The summed E-state index contributed by atoms with van der Waals surface area (Å²) < 4.78 is 22.9. The average molecular weight is 332 g/mol. The van der Waals surface area contributed by atoms with Gasteiger partial charge in [-0.15, -0.1) is 0 Å². The van der Waals surface area contributed by atoms with E-state index in [1.807, 2.05) is 0 Å². The average Bonchev–Trinajstić information content (AvgIpc) is 2.52. The molecule has 2 N–H and O–H groups in total. The van der Waals surface area contributed by atoms with Crippen molar-refractivity contribution in [1.82, 2.24) is 0 Å². The van der Waals surface area contributed by atoms with Crippen molar-refractivity contribution in [3.05, 3.63) is 59.7 Å². The Morgan fingerprint density at radius 2 is 1.70 bits per heavy atom. The molecular formula is C16H16N2O4S. The van der Waals surface area contributed by atoms with E-state index in [1.165, 1.54) is 18.2 Å². The van der Waals surface area contributed by atoms with E-state index < -0.39 is 15.8 Å². The zero-order valence-corrected chi connectivity index (χ0v) is 13.5. The van der Waals surface area contributed by atoms with E-state index in [9.17, 15) is 13.2 Å². The second-order valence-corrected chi connectivity index (χ2v) is 6.97. The van der Waals surface area contributed by atoms with E-state index >= 15 is 0 Å². The minimum absolute atomic E-state index is 0.122. The number of rotatable bonds is 5. The number of para-hydroxylation sites is 1. The number of hydrogen-bond acceptors (Lipinski definition) is 5. The molecule has 7 heteroatoms. The van der Waals surface area contributed by atoms with E-state index in [1.54, 1.807) is 37.3 Å². The van der Waals surface area contributed by atoms with Crippen LogP contribution in [0.15, 0.2) is 58.5 Å². The second-order valence-electron chi connectivity index (χ2n) is 4.96. The molecule has 2 aromatic rings. The Balaban J connectivity index is 2.23. The van der Waals surface area contributed by atoms with Crippen LogP contribution >= 0.6 is 0 Å². The molecular weight excluding hydrogens is 316 g/mol. The summed E-state index contributed by atoms with van der Waals surface area (Å²) in [5.74, 6) is -1.04. The molecule has 2 rings (SSSR count). The number of hydrogen-bond donors (Lipinski definition) is 2. The minimum Gasteiger partial charge on any atom is -0.478 e. The van der Waals surface area contributed by atoms with Crippen molar-refractivity contribution in [1.29, 1.82) is 0 Å². The predicted octanol–water partition coefficient (Wildman–Crippen LogP) is 2.62. The molecule has 0 radical (unpaired) electrons. The molecule has 6 nitrogen and oxygen atoms in total. The smallest absolute Gasteiger partial charge is 0.337 e.